The molecule has 0 heterocycles. The lowest BCUT2D eigenvalue weighted by atomic mass is 10.00. The number of rotatable bonds is 50. The van der Waals surface area contributed by atoms with E-state index in [0.29, 0.717) is 12.8 Å². The number of unbranched alkanes of at least 4 members (excludes halogenated alkanes) is 37. The molecule has 1 amide bonds. The molecule has 0 aliphatic carbocycles. The smallest absolute Gasteiger partial charge is 0.249 e. The summed E-state index contributed by atoms with van der Waals surface area (Å²) in [6.45, 7) is 4.04. The number of aliphatic hydroxyl groups is 4. The summed E-state index contributed by atoms with van der Waals surface area (Å²) in [5.41, 5.74) is 0. The maximum absolute atomic E-state index is 12.5. The molecule has 0 aromatic rings. The van der Waals surface area contributed by atoms with Crippen LogP contribution in [-0.4, -0.2) is 57.3 Å². The molecule has 0 saturated carbocycles. The third-order valence-corrected chi connectivity index (χ3v) is 12.9. The number of allylic oxidation sites excluding steroid dienone is 4. The van der Waals surface area contributed by atoms with Gasteiger partial charge < -0.3 is 25.7 Å². The van der Waals surface area contributed by atoms with Gasteiger partial charge in [-0.15, -0.1) is 0 Å². The van der Waals surface area contributed by atoms with E-state index in [4.69, 9.17) is 0 Å². The lowest BCUT2D eigenvalue weighted by molar-refractivity contribution is -0.132. The van der Waals surface area contributed by atoms with Crippen molar-refractivity contribution in [3.63, 3.8) is 0 Å². The Morgan fingerprint density at radius 2 is 0.672 bits per heavy atom. The molecule has 0 radical (unpaired) electrons. The minimum Gasteiger partial charge on any atom is -0.394 e. The molecule has 6 nitrogen and oxygen atoms in total. The van der Waals surface area contributed by atoms with E-state index in [1.54, 1.807) is 0 Å². The van der Waals surface area contributed by atoms with Crippen molar-refractivity contribution >= 4 is 5.91 Å². The fourth-order valence-corrected chi connectivity index (χ4v) is 8.58. The van der Waals surface area contributed by atoms with Crippen molar-refractivity contribution in [3.8, 4) is 0 Å². The Kier molecular flexibility index (Phi) is 48.8. The number of hydrogen-bond donors (Lipinski definition) is 5. The topological polar surface area (TPSA) is 110 Å². The van der Waals surface area contributed by atoms with Crippen molar-refractivity contribution in [1.29, 1.82) is 0 Å². The van der Waals surface area contributed by atoms with E-state index < -0.39 is 36.9 Å². The third kappa shape index (κ3) is 43.8. The minimum atomic E-state index is -1.28. The summed E-state index contributed by atoms with van der Waals surface area (Å²) in [5.74, 6) is -0.597. The normalized spacial score (nSPS) is 14.0. The number of aliphatic hydroxyl groups excluding tert-OH is 4. The van der Waals surface area contributed by atoms with Gasteiger partial charge >= 0.3 is 0 Å². The predicted molar refractivity (Wildman–Crippen MR) is 265 cm³/mol. The molecule has 362 valence electrons. The van der Waals surface area contributed by atoms with Crippen LogP contribution in [0, 0.1) is 0 Å². The van der Waals surface area contributed by atoms with Crippen LogP contribution in [0.1, 0.15) is 290 Å². The fraction of sp³-hybridized carbons (Fsp3) is 0.909. The second-order valence-corrected chi connectivity index (χ2v) is 18.9. The van der Waals surface area contributed by atoms with Crippen LogP contribution >= 0.6 is 0 Å². The molecular weight excluding hydrogens is 755 g/mol. The first-order valence-electron chi connectivity index (χ1n) is 27.2. The van der Waals surface area contributed by atoms with E-state index >= 15 is 0 Å². The maximum Gasteiger partial charge on any atom is 0.249 e. The summed E-state index contributed by atoms with van der Waals surface area (Å²) in [4.78, 5) is 12.5. The van der Waals surface area contributed by atoms with Crippen molar-refractivity contribution in [2.45, 2.75) is 314 Å². The van der Waals surface area contributed by atoms with Crippen LogP contribution in [0.15, 0.2) is 24.3 Å². The first-order chi connectivity index (χ1) is 30.0. The quantitative estimate of drug-likeness (QED) is 0.0309. The highest BCUT2D eigenvalue weighted by atomic mass is 16.3. The second kappa shape index (κ2) is 49.8. The summed E-state index contributed by atoms with van der Waals surface area (Å²) in [7, 11) is 0. The van der Waals surface area contributed by atoms with Crippen LogP contribution in [-0.2, 0) is 4.79 Å². The standard InChI is InChI=1S/C55H107NO5/c1-3-5-7-9-11-13-15-17-19-20-21-22-23-24-25-26-27-28-29-30-31-32-33-34-35-37-38-40-42-44-46-48-52(58)54(60)51(50-57)56-55(61)53(59)49-47-45-43-41-39-36-18-16-14-12-10-8-6-4-2/h14,16,40,42,51-54,57-60H,3-13,15,17-39,41,43-50H2,1-2H3,(H,56,61)/b16-14-,42-40+. The van der Waals surface area contributed by atoms with E-state index in [9.17, 15) is 25.2 Å². The van der Waals surface area contributed by atoms with Gasteiger partial charge in [0.2, 0.25) is 5.91 Å². The van der Waals surface area contributed by atoms with Gasteiger partial charge in [-0.1, -0.05) is 250 Å². The highest BCUT2D eigenvalue weighted by Gasteiger charge is 2.28. The Morgan fingerprint density at radius 3 is 1.00 bits per heavy atom. The summed E-state index contributed by atoms with van der Waals surface area (Å²) in [6.07, 6.45) is 59.7. The van der Waals surface area contributed by atoms with Crippen molar-refractivity contribution in [2.75, 3.05) is 6.61 Å². The molecular formula is C55H107NO5. The van der Waals surface area contributed by atoms with E-state index in [-0.39, 0.29) is 0 Å². The van der Waals surface area contributed by atoms with E-state index in [1.807, 2.05) is 0 Å². The van der Waals surface area contributed by atoms with E-state index in [2.05, 4.69) is 43.5 Å². The molecule has 0 aliphatic rings. The molecule has 5 N–H and O–H groups in total. The highest BCUT2D eigenvalue weighted by molar-refractivity contribution is 5.80. The van der Waals surface area contributed by atoms with Crippen molar-refractivity contribution in [2.24, 2.45) is 0 Å². The van der Waals surface area contributed by atoms with Gasteiger partial charge in [-0.3, -0.25) is 4.79 Å². The SMILES string of the molecule is CCCCCC/C=C\CCCCCCCCC(O)C(=O)NC(CO)C(O)C(O)CCC/C=C/CCCCCCCCCCCCCCCCCCCCCCCCCCCC. The lowest BCUT2D eigenvalue weighted by Gasteiger charge is -2.27. The fourth-order valence-electron chi connectivity index (χ4n) is 8.58. The molecule has 0 saturated heterocycles. The third-order valence-electron chi connectivity index (χ3n) is 12.9. The number of amides is 1. The highest BCUT2D eigenvalue weighted by Crippen LogP contribution is 2.17. The van der Waals surface area contributed by atoms with Gasteiger partial charge in [-0.05, 0) is 64.2 Å². The Hall–Kier alpha value is -1.21. The van der Waals surface area contributed by atoms with Gasteiger partial charge in [0, 0.05) is 0 Å². The van der Waals surface area contributed by atoms with Gasteiger partial charge in [0.1, 0.15) is 12.2 Å². The van der Waals surface area contributed by atoms with Crippen LogP contribution in [0.2, 0.25) is 0 Å². The molecule has 0 aliphatic heterocycles. The molecule has 0 spiro atoms. The van der Waals surface area contributed by atoms with Crippen LogP contribution in [0.5, 0.6) is 0 Å². The van der Waals surface area contributed by atoms with Crippen LogP contribution < -0.4 is 5.32 Å². The van der Waals surface area contributed by atoms with Crippen LogP contribution in [0.25, 0.3) is 0 Å². The van der Waals surface area contributed by atoms with Gasteiger partial charge in [-0.25, -0.2) is 0 Å². The number of nitrogens with one attached hydrogen (secondary N) is 1. The average molecular weight is 862 g/mol. The monoisotopic (exact) mass is 862 g/mol. The Labute approximate surface area is 380 Å². The van der Waals surface area contributed by atoms with Gasteiger partial charge in [0.25, 0.3) is 0 Å². The Morgan fingerprint density at radius 1 is 0.393 bits per heavy atom. The van der Waals surface area contributed by atoms with Crippen LogP contribution in [0.4, 0.5) is 0 Å². The molecule has 6 heteroatoms. The zero-order valence-corrected chi connectivity index (χ0v) is 40.9. The molecule has 0 fully saturated rings. The number of carbonyl (C=O) groups excluding carboxylic acids is 1. The Balaban J connectivity index is 3.60. The minimum absolute atomic E-state index is 0.357. The zero-order chi connectivity index (χ0) is 44.5. The maximum atomic E-state index is 12.5. The van der Waals surface area contributed by atoms with E-state index in [1.165, 1.54) is 218 Å². The molecule has 0 aromatic heterocycles. The summed E-state index contributed by atoms with van der Waals surface area (Å²) >= 11 is 0. The van der Waals surface area contributed by atoms with Crippen LogP contribution in [0.3, 0.4) is 0 Å². The molecule has 0 rings (SSSR count). The van der Waals surface area contributed by atoms with Crippen molar-refractivity contribution in [3.05, 3.63) is 24.3 Å². The number of carbonyl (C=O) groups is 1. The molecule has 4 unspecified atom stereocenters. The van der Waals surface area contributed by atoms with E-state index in [0.717, 1.165) is 44.9 Å². The lowest BCUT2D eigenvalue weighted by Crippen LogP contribution is -2.53. The van der Waals surface area contributed by atoms with Gasteiger partial charge in [0.15, 0.2) is 0 Å². The predicted octanol–water partition coefficient (Wildman–Crippen LogP) is 15.5. The first-order valence-corrected chi connectivity index (χ1v) is 27.2. The molecule has 4 atom stereocenters. The first kappa shape index (κ1) is 59.8. The van der Waals surface area contributed by atoms with Gasteiger partial charge in [0.05, 0.1) is 18.8 Å². The summed E-state index contributed by atoms with van der Waals surface area (Å²) in [6, 6.07) is -1.00. The molecule has 0 aromatic carbocycles. The average Bonchev–Trinajstić information content (AvgIpc) is 3.26. The second-order valence-electron chi connectivity index (χ2n) is 18.9. The van der Waals surface area contributed by atoms with Gasteiger partial charge in [-0.2, -0.15) is 0 Å². The summed E-state index contributed by atoms with van der Waals surface area (Å²) in [5, 5.41) is 43.8. The largest absolute Gasteiger partial charge is 0.394 e. The number of hydrogen-bond acceptors (Lipinski definition) is 5. The summed E-state index contributed by atoms with van der Waals surface area (Å²) < 4.78 is 0. The zero-order valence-electron chi connectivity index (χ0n) is 40.9. The Bertz CT molecular complexity index is 924. The van der Waals surface area contributed by atoms with Crippen molar-refractivity contribution < 1.29 is 25.2 Å². The molecule has 61 heavy (non-hydrogen) atoms. The molecule has 0 bridgehead atoms. The van der Waals surface area contributed by atoms with Crippen molar-refractivity contribution in [1.82, 2.24) is 5.32 Å².